The van der Waals surface area contributed by atoms with E-state index in [9.17, 15) is 9.90 Å². The summed E-state index contributed by atoms with van der Waals surface area (Å²) in [5.74, 6) is -0.468. The summed E-state index contributed by atoms with van der Waals surface area (Å²) in [6.07, 6.45) is 5.88. The standard InChI is InChI=1S/C14H15N3O2S/c18-14(19)11-5-9-3-1-2-4-12(9)17-13(11)16-7-10-6-15-8-20-10/h5-6,8H,1-4,7H2,(H,16,17)(H,18,19). The van der Waals surface area contributed by atoms with E-state index in [-0.39, 0.29) is 5.56 Å². The number of aromatic nitrogens is 2. The molecule has 0 amide bonds. The number of rotatable bonds is 4. The number of carboxylic acids is 1. The Morgan fingerprint density at radius 1 is 1.40 bits per heavy atom. The highest BCUT2D eigenvalue weighted by Crippen LogP contribution is 2.25. The first-order valence-corrected chi connectivity index (χ1v) is 7.49. The molecular formula is C14H15N3O2S. The van der Waals surface area contributed by atoms with Gasteiger partial charge in [0, 0.05) is 16.8 Å². The van der Waals surface area contributed by atoms with Crippen LogP contribution in [0.25, 0.3) is 0 Å². The van der Waals surface area contributed by atoms with E-state index in [1.807, 2.05) is 0 Å². The monoisotopic (exact) mass is 289 g/mol. The van der Waals surface area contributed by atoms with Gasteiger partial charge in [-0.15, -0.1) is 11.3 Å². The van der Waals surface area contributed by atoms with Crippen LogP contribution < -0.4 is 5.32 Å². The van der Waals surface area contributed by atoms with Gasteiger partial charge in [0.05, 0.1) is 12.1 Å². The molecule has 0 aromatic carbocycles. The van der Waals surface area contributed by atoms with Crippen molar-refractivity contribution in [2.45, 2.75) is 32.2 Å². The number of nitrogens with zero attached hydrogens (tertiary/aromatic N) is 2. The number of carbonyl (C=O) groups is 1. The quantitative estimate of drug-likeness (QED) is 0.905. The third kappa shape index (κ3) is 2.65. The van der Waals surface area contributed by atoms with Crippen LogP contribution in [-0.4, -0.2) is 21.0 Å². The Kier molecular flexibility index (Phi) is 3.64. The summed E-state index contributed by atoms with van der Waals surface area (Å²) in [5.41, 5.74) is 4.13. The molecule has 6 heteroatoms. The zero-order valence-corrected chi connectivity index (χ0v) is 11.7. The number of pyridine rings is 1. The van der Waals surface area contributed by atoms with E-state index >= 15 is 0 Å². The van der Waals surface area contributed by atoms with Gasteiger partial charge in [-0.25, -0.2) is 9.78 Å². The van der Waals surface area contributed by atoms with E-state index in [4.69, 9.17) is 0 Å². The largest absolute Gasteiger partial charge is 0.478 e. The molecule has 5 nitrogen and oxygen atoms in total. The van der Waals surface area contributed by atoms with Crippen molar-refractivity contribution in [3.8, 4) is 0 Å². The number of aromatic carboxylic acids is 1. The van der Waals surface area contributed by atoms with Gasteiger partial charge >= 0.3 is 5.97 Å². The minimum Gasteiger partial charge on any atom is -0.478 e. The van der Waals surface area contributed by atoms with Gasteiger partial charge in [0.15, 0.2) is 0 Å². The predicted octanol–water partition coefficient (Wildman–Crippen LogP) is 2.73. The van der Waals surface area contributed by atoms with Gasteiger partial charge in [0.25, 0.3) is 0 Å². The van der Waals surface area contributed by atoms with E-state index in [0.29, 0.717) is 12.4 Å². The van der Waals surface area contributed by atoms with Gasteiger partial charge in [0.1, 0.15) is 11.4 Å². The number of carboxylic acid groups (broad SMARTS) is 1. The first kappa shape index (κ1) is 13.1. The summed E-state index contributed by atoms with van der Waals surface area (Å²) in [6, 6.07) is 1.78. The maximum Gasteiger partial charge on any atom is 0.339 e. The van der Waals surface area contributed by atoms with E-state index in [1.165, 1.54) is 11.3 Å². The van der Waals surface area contributed by atoms with Crippen LogP contribution in [0.3, 0.4) is 0 Å². The third-order valence-electron chi connectivity index (χ3n) is 3.44. The lowest BCUT2D eigenvalue weighted by Gasteiger charge is -2.18. The predicted molar refractivity (Wildman–Crippen MR) is 77.3 cm³/mol. The van der Waals surface area contributed by atoms with Crippen LogP contribution in [0, 0.1) is 0 Å². The fraction of sp³-hybridized carbons (Fsp3) is 0.357. The Hall–Kier alpha value is -1.95. The zero-order chi connectivity index (χ0) is 13.9. The highest BCUT2D eigenvalue weighted by Gasteiger charge is 2.18. The maximum absolute atomic E-state index is 11.4. The van der Waals surface area contributed by atoms with Crippen LogP contribution in [0.2, 0.25) is 0 Å². The fourth-order valence-corrected chi connectivity index (χ4v) is 2.97. The lowest BCUT2D eigenvalue weighted by molar-refractivity contribution is 0.0697. The summed E-state index contributed by atoms with van der Waals surface area (Å²) in [6.45, 7) is 0.552. The average molecular weight is 289 g/mol. The second kappa shape index (κ2) is 5.58. The molecule has 2 N–H and O–H groups in total. The molecule has 0 bridgehead atoms. The molecule has 20 heavy (non-hydrogen) atoms. The van der Waals surface area contributed by atoms with Crippen molar-refractivity contribution >= 4 is 23.1 Å². The van der Waals surface area contributed by atoms with Crippen molar-refractivity contribution in [1.82, 2.24) is 9.97 Å². The van der Waals surface area contributed by atoms with E-state index < -0.39 is 5.97 Å². The summed E-state index contributed by atoms with van der Waals surface area (Å²) in [7, 11) is 0. The molecule has 0 unspecified atom stereocenters. The molecular weight excluding hydrogens is 274 g/mol. The smallest absolute Gasteiger partial charge is 0.339 e. The lowest BCUT2D eigenvalue weighted by atomic mass is 9.95. The molecule has 2 aromatic rings. The molecule has 0 fully saturated rings. The van der Waals surface area contributed by atoms with E-state index in [0.717, 1.165) is 41.8 Å². The van der Waals surface area contributed by atoms with Crippen LogP contribution in [0.15, 0.2) is 17.8 Å². The average Bonchev–Trinajstić information content (AvgIpc) is 2.97. The van der Waals surface area contributed by atoms with Gasteiger partial charge in [-0.3, -0.25) is 4.98 Å². The van der Waals surface area contributed by atoms with Gasteiger partial charge in [-0.1, -0.05) is 0 Å². The van der Waals surface area contributed by atoms with Crippen LogP contribution in [-0.2, 0) is 19.4 Å². The number of thiazole rings is 1. The van der Waals surface area contributed by atoms with Gasteiger partial charge in [0.2, 0.25) is 0 Å². The number of anilines is 1. The van der Waals surface area contributed by atoms with Crippen LogP contribution in [0.1, 0.15) is 39.3 Å². The van der Waals surface area contributed by atoms with Crippen molar-refractivity contribution in [1.29, 1.82) is 0 Å². The Bertz CT molecular complexity index is 626. The van der Waals surface area contributed by atoms with Crippen molar-refractivity contribution in [3.63, 3.8) is 0 Å². The Morgan fingerprint density at radius 3 is 3.00 bits per heavy atom. The molecule has 104 valence electrons. The molecule has 1 aliphatic rings. The summed E-state index contributed by atoms with van der Waals surface area (Å²) >= 11 is 1.54. The van der Waals surface area contributed by atoms with E-state index in [1.54, 1.807) is 17.8 Å². The second-order valence-electron chi connectivity index (χ2n) is 4.82. The third-order valence-corrected chi connectivity index (χ3v) is 4.22. The van der Waals surface area contributed by atoms with Crippen LogP contribution in [0.4, 0.5) is 5.82 Å². The number of nitrogens with one attached hydrogen (secondary N) is 1. The summed E-state index contributed by atoms with van der Waals surface area (Å²) < 4.78 is 0. The molecule has 3 rings (SSSR count). The zero-order valence-electron chi connectivity index (χ0n) is 10.9. The lowest BCUT2D eigenvalue weighted by Crippen LogP contribution is -2.13. The first-order valence-electron chi connectivity index (χ1n) is 6.61. The molecule has 0 aliphatic heterocycles. The Labute approximate surface area is 120 Å². The number of hydrogen-bond donors (Lipinski definition) is 2. The number of aryl methyl sites for hydroxylation is 2. The molecule has 0 saturated carbocycles. The SMILES string of the molecule is O=C(O)c1cc2c(nc1NCc1cncs1)CCCC2. The topological polar surface area (TPSA) is 75.1 Å². The minimum atomic E-state index is -0.933. The van der Waals surface area contributed by atoms with Crippen molar-refractivity contribution in [2.24, 2.45) is 0 Å². The summed E-state index contributed by atoms with van der Waals surface area (Å²) in [5, 5.41) is 12.5. The van der Waals surface area contributed by atoms with E-state index in [2.05, 4.69) is 15.3 Å². The molecule has 0 spiro atoms. The van der Waals surface area contributed by atoms with Crippen LogP contribution >= 0.6 is 11.3 Å². The molecule has 0 atom stereocenters. The second-order valence-corrected chi connectivity index (χ2v) is 5.79. The van der Waals surface area contributed by atoms with Crippen molar-refractivity contribution in [3.05, 3.63) is 39.5 Å². The minimum absolute atomic E-state index is 0.259. The molecule has 0 radical (unpaired) electrons. The molecule has 2 aromatic heterocycles. The highest BCUT2D eigenvalue weighted by molar-refractivity contribution is 7.09. The van der Waals surface area contributed by atoms with Crippen molar-refractivity contribution in [2.75, 3.05) is 5.32 Å². The Balaban J connectivity index is 1.89. The first-order chi connectivity index (χ1) is 9.74. The van der Waals surface area contributed by atoms with Gasteiger partial charge in [-0.05, 0) is 37.3 Å². The maximum atomic E-state index is 11.4. The fourth-order valence-electron chi connectivity index (χ4n) is 2.43. The van der Waals surface area contributed by atoms with Gasteiger partial charge in [-0.2, -0.15) is 0 Å². The normalized spacial score (nSPS) is 13.8. The highest BCUT2D eigenvalue weighted by atomic mass is 32.1. The molecule has 0 saturated heterocycles. The Morgan fingerprint density at radius 2 is 2.25 bits per heavy atom. The van der Waals surface area contributed by atoms with Crippen molar-refractivity contribution < 1.29 is 9.90 Å². The molecule has 1 aliphatic carbocycles. The molecule has 2 heterocycles. The van der Waals surface area contributed by atoms with Gasteiger partial charge < -0.3 is 10.4 Å². The summed E-state index contributed by atoms with van der Waals surface area (Å²) in [4.78, 5) is 21.0. The van der Waals surface area contributed by atoms with Crippen LogP contribution in [0.5, 0.6) is 0 Å². The number of fused-ring (bicyclic) bond motifs is 1. The number of hydrogen-bond acceptors (Lipinski definition) is 5.